The third kappa shape index (κ3) is 5.42. The predicted octanol–water partition coefficient (Wildman–Crippen LogP) is -0.395. The van der Waals surface area contributed by atoms with Gasteiger partial charge in [-0.25, -0.2) is 4.79 Å². The Labute approximate surface area is 173 Å². The van der Waals surface area contributed by atoms with Crippen LogP contribution < -0.4 is 5.32 Å². The molecule has 2 aliphatic rings. The molecule has 5 atom stereocenters. The zero-order valence-electron chi connectivity index (χ0n) is 16.1. The number of ether oxygens (including phenoxy) is 1. The minimum Gasteiger partial charge on any atom is -0.478 e. The molecule has 178 valence electrons. The first-order valence-electron chi connectivity index (χ1n) is 9.39. The molecule has 1 amide bonds. The van der Waals surface area contributed by atoms with Crippen LogP contribution in [0.1, 0.15) is 19.3 Å². The van der Waals surface area contributed by atoms with Crippen molar-refractivity contribution in [3.05, 3.63) is 11.8 Å². The van der Waals surface area contributed by atoms with Gasteiger partial charge in [-0.15, -0.1) is 0 Å². The van der Waals surface area contributed by atoms with Crippen molar-refractivity contribution in [2.45, 2.75) is 61.8 Å². The highest BCUT2D eigenvalue weighted by molar-refractivity contribution is 5.86. The number of aliphatic hydroxyl groups is 3. The average molecular weight is 462 g/mol. The summed E-state index contributed by atoms with van der Waals surface area (Å²) in [6.45, 7) is -0.441. The fraction of sp³-hybridized carbons (Fsp3) is 0.765. The molecule has 0 bridgehead atoms. The molecule has 2 aliphatic heterocycles. The van der Waals surface area contributed by atoms with Gasteiger partial charge in [0.25, 0.3) is 0 Å². The lowest BCUT2D eigenvalue weighted by molar-refractivity contribution is -0.270. The van der Waals surface area contributed by atoms with Crippen LogP contribution in [-0.4, -0.2) is 99.4 Å². The maximum atomic E-state index is 13.6. The fourth-order valence-corrected chi connectivity index (χ4v) is 3.53. The summed E-state index contributed by atoms with van der Waals surface area (Å²) in [5, 5.41) is 39.9. The average Bonchev–Trinajstić information content (AvgIpc) is 2.72. The first kappa shape index (κ1) is 25.2. The second-order valence-corrected chi connectivity index (χ2v) is 7.32. The van der Waals surface area contributed by atoms with Crippen LogP contribution in [0.2, 0.25) is 0 Å². The quantitative estimate of drug-likeness (QED) is 0.322. The molecule has 5 N–H and O–H groups in total. The molecular formula is C17H23F5N2O7. The van der Waals surface area contributed by atoms with Crippen molar-refractivity contribution in [2.75, 3.05) is 19.7 Å². The van der Waals surface area contributed by atoms with E-state index in [0.717, 1.165) is 12.5 Å². The van der Waals surface area contributed by atoms with Gasteiger partial charge >= 0.3 is 24.0 Å². The highest BCUT2D eigenvalue weighted by atomic mass is 19.4. The Balaban J connectivity index is 2.47. The molecule has 0 aromatic carbocycles. The topological polar surface area (TPSA) is 140 Å². The summed E-state index contributed by atoms with van der Waals surface area (Å²) in [4.78, 5) is 24.8. The standard InChI is InChI=1S/C17H23F5N2O7/c18-16(19,17(20,21)22)15(30)23-11-8(24-4-2-1-3-5-24)6-10(14(28)29)31-13(11)12(27)9(26)7-25/h6,8-9,11-13,25-27H,1-5,7H2,(H,23,30)(H,28,29)/t8-,9+,11+,12+,13+/m0/s1. The van der Waals surface area contributed by atoms with Crippen LogP contribution in [0, 0.1) is 0 Å². The zero-order chi connectivity index (χ0) is 23.6. The van der Waals surface area contributed by atoms with E-state index >= 15 is 0 Å². The number of aliphatic hydroxyl groups excluding tert-OH is 3. The van der Waals surface area contributed by atoms with E-state index in [2.05, 4.69) is 0 Å². The Morgan fingerprint density at radius 1 is 1.16 bits per heavy atom. The Bertz CT molecular complexity index is 697. The Hall–Kier alpha value is -2.03. The maximum absolute atomic E-state index is 13.6. The lowest BCUT2D eigenvalue weighted by Gasteiger charge is -2.45. The van der Waals surface area contributed by atoms with Gasteiger partial charge in [-0.05, 0) is 32.0 Å². The summed E-state index contributed by atoms with van der Waals surface area (Å²) in [5.74, 6) is -10.9. The second-order valence-electron chi connectivity index (χ2n) is 7.32. The van der Waals surface area contributed by atoms with E-state index in [1.54, 1.807) is 4.90 Å². The Morgan fingerprint density at radius 2 is 1.74 bits per heavy atom. The number of nitrogens with one attached hydrogen (secondary N) is 1. The molecule has 0 aromatic heterocycles. The molecule has 0 aromatic rings. The molecule has 1 saturated heterocycles. The summed E-state index contributed by atoms with van der Waals surface area (Å²) in [5.41, 5.74) is 0. The molecule has 2 rings (SSSR count). The molecule has 0 saturated carbocycles. The monoisotopic (exact) mass is 462 g/mol. The van der Waals surface area contributed by atoms with E-state index < -0.39 is 66.7 Å². The van der Waals surface area contributed by atoms with Crippen molar-refractivity contribution < 1.29 is 56.7 Å². The third-order valence-corrected chi connectivity index (χ3v) is 5.19. The van der Waals surface area contributed by atoms with Crippen LogP contribution in [0.5, 0.6) is 0 Å². The third-order valence-electron chi connectivity index (χ3n) is 5.19. The number of hydrogen-bond acceptors (Lipinski definition) is 7. The Morgan fingerprint density at radius 3 is 2.23 bits per heavy atom. The number of rotatable bonds is 7. The van der Waals surface area contributed by atoms with Crippen molar-refractivity contribution in [1.82, 2.24) is 10.2 Å². The van der Waals surface area contributed by atoms with Crippen molar-refractivity contribution in [1.29, 1.82) is 0 Å². The largest absolute Gasteiger partial charge is 0.478 e. The Kier molecular flexibility index (Phi) is 7.84. The van der Waals surface area contributed by atoms with E-state index in [-0.39, 0.29) is 0 Å². The van der Waals surface area contributed by atoms with Crippen LogP contribution in [0.15, 0.2) is 11.8 Å². The lowest BCUT2D eigenvalue weighted by Crippen LogP contribution is -2.66. The van der Waals surface area contributed by atoms with Gasteiger partial charge in [-0.1, -0.05) is 6.42 Å². The van der Waals surface area contributed by atoms with Crippen LogP contribution in [-0.2, 0) is 14.3 Å². The number of aliphatic carboxylic acids is 1. The minimum atomic E-state index is -6.20. The summed E-state index contributed by atoms with van der Waals surface area (Å²) >= 11 is 0. The highest BCUT2D eigenvalue weighted by Gasteiger charge is 2.64. The molecule has 14 heteroatoms. The highest BCUT2D eigenvalue weighted by Crippen LogP contribution is 2.36. The molecule has 0 radical (unpaired) electrons. The maximum Gasteiger partial charge on any atom is 0.463 e. The van der Waals surface area contributed by atoms with E-state index in [1.807, 2.05) is 0 Å². The second kappa shape index (κ2) is 9.63. The van der Waals surface area contributed by atoms with E-state index in [1.165, 1.54) is 5.32 Å². The summed E-state index contributed by atoms with van der Waals surface area (Å²) in [6, 6.07) is -3.03. The number of alkyl halides is 5. The smallest absolute Gasteiger partial charge is 0.463 e. The molecule has 0 unspecified atom stereocenters. The van der Waals surface area contributed by atoms with Gasteiger partial charge in [0.1, 0.15) is 18.3 Å². The van der Waals surface area contributed by atoms with E-state index in [4.69, 9.17) is 9.84 Å². The number of likely N-dealkylation sites (tertiary alicyclic amines) is 1. The number of carbonyl (C=O) groups excluding carboxylic acids is 1. The zero-order valence-corrected chi connectivity index (χ0v) is 16.1. The van der Waals surface area contributed by atoms with Crippen molar-refractivity contribution in [2.24, 2.45) is 0 Å². The van der Waals surface area contributed by atoms with Gasteiger partial charge < -0.3 is 30.5 Å². The van der Waals surface area contributed by atoms with Crippen LogP contribution in [0.3, 0.4) is 0 Å². The fourth-order valence-electron chi connectivity index (χ4n) is 3.53. The molecule has 0 spiro atoms. The molecule has 0 aliphatic carbocycles. The van der Waals surface area contributed by atoms with E-state index in [0.29, 0.717) is 25.9 Å². The first-order chi connectivity index (χ1) is 14.3. The summed E-state index contributed by atoms with van der Waals surface area (Å²) in [7, 11) is 0. The number of carboxylic acid groups (broad SMARTS) is 1. The number of hydrogen-bond donors (Lipinski definition) is 5. The molecular weight excluding hydrogens is 439 g/mol. The van der Waals surface area contributed by atoms with Crippen LogP contribution in [0.25, 0.3) is 0 Å². The normalized spacial score (nSPS) is 27.6. The number of carbonyl (C=O) groups is 2. The molecule has 2 heterocycles. The minimum absolute atomic E-state index is 0.307. The van der Waals surface area contributed by atoms with Gasteiger partial charge in [-0.3, -0.25) is 9.69 Å². The number of nitrogens with zero attached hydrogens (tertiary/aromatic N) is 1. The van der Waals surface area contributed by atoms with Crippen molar-refractivity contribution >= 4 is 11.9 Å². The first-order valence-corrected chi connectivity index (χ1v) is 9.39. The predicted molar refractivity (Wildman–Crippen MR) is 91.8 cm³/mol. The number of amides is 1. The molecule has 31 heavy (non-hydrogen) atoms. The number of piperidine rings is 1. The van der Waals surface area contributed by atoms with Crippen LogP contribution in [0.4, 0.5) is 22.0 Å². The van der Waals surface area contributed by atoms with Crippen LogP contribution >= 0.6 is 0 Å². The van der Waals surface area contributed by atoms with Gasteiger partial charge in [0.05, 0.1) is 18.7 Å². The number of halogens is 5. The summed E-state index contributed by atoms with van der Waals surface area (Å²) in [6.07, 6.45) is -9.26. The lowest BCUT2D eigenvalue weighted by atomic mass is 9.89. The summed E-state index contributed by atoms with van der Waals surface area (Å²) < 4.78 is 70.0. The van der Waals surface area contributed by atoms with Crippen molar-refractivity contribution in [3.8, 4) is 0 Å². The van der Waals surface area contributed by atoms with Gasteiger partial charge in [0.2, 0.25) is 5.76 Å². The van der Waals surface area contributed by atoms with Gasteiger partial charge in [-0.2, -0.15) is 22.0 Å². The van der Waals surface area contributed by atoms with E-state index in [9.17, 15) is 46.9 Å². The van der Waals surface area contributed by atoms with Gasteiger partial charge in [0, 0.05) is 0 Å². The molecule has 9 nitrogen and oxygen atoms in total. The SMILES string of the molecule is O=C(O)C1=C[C@H](N2CCCCC2)[C@@H](NC(=O)C(F)(F)C(F)(F)F)[C@H]([C@H](O)[C@H](O)CO)O1. The molecule has 1 fully saturated rings. The number of carboxylic acids is 1. The van der Waals surface area contributed by atoms with Gasteiger partial charge in [0.15, 0.2) is 0 Å². The van der Waals surface area contributed by atoms with Crippen molar-refractivity contribution in [3.63, 3.8) is 0 Å².